The van der Waals surface area contributed by atoms with Crippen LogP contribution in [0.25, 0.3) is 0 Å². The van der Waals surface area contributed by atoms with Crippen LogP contribution in [0.4, 0.5) is 0 Å². The summed E-state index contributed by atoms with van der Waals surface area (Å²) in [7, 11) is 0. The average Bonchev–Trinajstić information content (AvgIpc) is 2.70. The van der Waals surface area contributed by atoms with Crippen LogP contribution in [-0.2, 0) is 42.9 Å². The van der Waals surface area contributed by atoms with Gasteiger partial charge in [0, 0.05) is 33.3 Å². The van der Waals surface area contributed by atoms with Gasteiger partial charge in [-0.3, -0.25) is 24.0 Å². The van der Waals surface area contributed by atoms with Crippen molar-refractivity contribution in [2.24, 2.45) is 0 Å². The van der Waals surface area contributed by atoms with Crippen molar-refractivity contribution in [3.8, 4) is 0 Å². The molecule has 5 atom stereocenters. The highest BCUT2D eigenvalue weighted by Crippen LogP contribution is 2.28. The molecule has 0 aliphatic carbocycles. The smallest absolute Gasteiger partial charge is 0.305 e. The highest BCUT2D eigenvalue weighted by Gasteiger charge is 2.52. The minimum atomic E-state index is -1.44. The van der Waals surface area contributed by atoms with Gasteiger partial charge in [0.1, 0.15) is 18.8 Å². The maximum Gasteiger partial charge on any atom is 0.305 e. The lowest BCUT2D eigenvalue weighted by Gasteiger charge is -2.44. The first-order valence-electron chi connectivity index (χ1n) is 10.2. The molecule has 1 aliphatic rings. The van der Waals surface area contributed by atoms with Crippen LogP contribution in [-0.4, -0.2) is 67.0 Å². The fourth-order valence-corrected chi connectivity index (χ4v) is 3.26. The molecule has 0 radical (unpaired) electrons. The molecular formula is C22H27NO10. The van der Waals surface area contributed by atoms with Gasteiger partial charge in [0.05, 0.1) is 0 Å². The molecule has 0 saturated carbocycles. The molecule has 0 unspecified atom stereocenters. The number of hydrogen-bond donors (Lipinski definition) is 1. The van der Waals surface area contributed by atoms with E-state index in [1.807, 2.05) is 6.92 Å². The highest BCUT2D eigenvalue weighted by molar-refractivity contribution is 5.94. The highest BCUT2D eigenvalue weighted by atomic mass is 16.7. The van der Waals surface area contributed by atoms with Crippen LogP contribution in [0.3, 0.4) is 0 Å². The normalized spacial score (nSPS) is 24.2. The van der Waals surface area contributed by atoms with E-state index in [-0.39, 0.29) is 12.2 Å². The van der Waals surface area contributed by atoms with E-state index in [1.54, 1.807) is 24.3 Å². The van der Waals surface area contributed by atoms with Crippen molar-refractivity contribution < 1.29 is 47.7 Å². The summed E-state index contributed by atoms with van der Waals surface area (Å²) < 4.78 is 26.6. The third kappa shape index (κ3) is 7.56. The summed E-state index contributed by atoms with van der Waals surface area (Å²) in [5, 5.41) is 2.64. The summed E-state index contributed by atoms with van der Waals surface area (Å²) >= 11 is 0. The van der Waals surface area contributed by atoms with E-state index in [0.717, 1.165) is 26.3 Å². The molecule has 33 heavy (non-hydrogen) atoms. The van der Waals surface area contributed by atoms with Crippen molar-refractivity contribution in [3.63, 3.8) is 0 Å². The molecule has 180 valence electrons. The summed E-state index contributed by atoms with van der Waals surface area (Å²) in [6.07, 6.45) is -5.19. The summed E-state index contributed by atoms with van der Waals surface area (Å²) in [4.78, 5) is 59.6. The van der Waals surface area contributed by atoms with E-state index in [1.165, 1.54) is 6.92 Å². The molecule has 1 aromatic carbocycles. The SMILES string of the molecule is CC(=O)OC[C@H]1O[C@@H](OC(C)=O)[C@H](NC(=O)c2ccc(C)cc2)[C@@H](OC(C)=O)[C@@H]1OC(C)=O. The Balaban J connectivity index is 2.44. The van der Waals surface area contributed by atoms with Gasteiger partial charge in [-0.25, -0.2) is 0 Å². The van der Waals surface area contributed by atoms with Crippen molar-refractivity contribution >= 4 is 29.8 Å². The quantitative estimate of drug-likeness (QED) is 0.454. The van der Waals surface area contributed by atoms with Crippen molar-refractivity contribution in [2.45, 2.75) is 65.3 Å². The van der Waals surface area contributed by atoms with Gasteiger partial charge < -0.3 is 29.0 Å². The number of ether oxygens (including phenoxy) is 5. The Labute approximate surface area is 190 Å². The molecule has 1 N–H and O–H groups in total. The molecule has 0 bridgehead atoms. The van der Waals surface area contributed by atoms with Crippen molar-refractivity contribution in [1.29, 1.82) is 0 Å². The molecule has 0 aromatic heterocycles. The molecule has 11 nitrogen and oxygen atoms in total. The summed E-state index contributed by atoms with van der Waals surface area (Å²) in [5.41, 5.74) is 1.22. The number of carbonyl (C=O) groups is 5. The van der Waals surface area contributed by atoms with Gasteiger partial charge in [-0.05, 0) is 19.1 Å². The van der Waals surface area contributed by atoms with Gasteiger partial charge in [-0.2, -0.15) is 0 Å². The number of nitrogens with one attached hydrogen (secondary N) is 1. The molecule has 11 heteroatoms. The Bertz CT molecular complexity index is 897. The van der Waals surface area contributed by atoms with Crippen LogP contribution in [0.1, 0.15) is 43.6 Å². The Hall–Kier alpha value is -3.47. The molecule has 1 amide bonds. The van der Waals surface area contributed by atoms with E-state index in [2.05, 4.69) is 5.32 Å². The molecule has 0 spiro atoms. The lowest BCUT2D eigenvalue weighted by Crippen LogP contribution is -2.67. The lowest BCUT2D eigenvalue weighted by atomic mass is 9.95. The molecule has 1 fully saturated rings. The summed E-state index contributed by atoms with van der Waals surface area (Å²) in [6.45, 7) is 6.02. The maximum absolute atomic E-state index is 12.9. The number of carbonyl (C=O) groups excluding carboxylic acids is 5. The fourth-order valence-electron chi connectivity index (χ4n) is 3.26. The second-order valence-corrected chi connectivity index (χ2v) is 7.47. The monoisotopic (exact) mass is 465 g/mol. The van der Waals surface area contributed by atoms with Gasteiger partial charge in [0.25, 0.3) is 5.91 Å². The van der Waals surface area contributed by atoms with Crippen LogP contribution < -0.4 is 5.32 Å². The second kappa shape index (κ2) is 11.4. The van der Waals surface area contributed by atoms with Crippen LogP contribution in [0.15, 0.2) is 24.3 Å². The first-order valence-corrected chi connectivity index (χ1v) is 10.2. The van der Waals surface area contributed by atoms with E-state index in [4.69, 9.17) is 23.7 Å². The Morgan fingerprint density at radius 3 is 1.88 bits per heavy atom. The Morgan fingerprint density at radius 2 is 1.36 bits per heavy atom. The van der Waals surface area contributed by atoms with Gasteiger partial charge in [-0.1, -0.05) is 17.7 Å². The zero-order valence-electron chi connectivity index (χ0n) is 19.0. The zero-order valence-corrected chi connectivity index (χ0v) is 19.0. The average molecular weight is 465 g/mol. The fraction of sp³-hybridized carbons (Fsp3) is 0.500. The third-order valence-corrected chi connectivity index (χ3v) is 4.59. The largest absolute Gasteiger partial charge is 0.463 e. The number of hydrogen-bond acceptors (Lipinski definition) is 10. The van der Waals surface area contributed by atoms with E-state index < -0.39 is 60.4 Å². The number of esters is 4. The zero-order chi connectivity index (χ0) is 24.7. The number of rotatable bonds is 7. The van der Waals surface area contributed by atoms with Crippen molar-refractivity contribution in [3.05, 3.63) is 35.4 Å². The van der Waals surface area contributed by atoms with Gasteiger partial charge in [0.2, 0.25) is 6.29 Å². The molecule has 1 heterocycles. The summed E-state index contributed by atoms with van der Waals surface area (Å²) in [5.74, 6) is -3.43. The molecular weight excluding hydrogens is 438 g/mol. The third-order valence-electron chi connectivity index (χ3n) is 4.59. The predicted octanol–water partition coefficient (Wildman–Crippen LogP) is 0.808. The van der Waals surface area contributed by atoms with Crippen LogP contribution in [0.5, 0.6) is 0 Å². The maximum atomic E-state index is 12.9. The Kier molecular flexibility index (Phi) is 8.92. The van der Waals surface area contributed by atoms with E-state index in [0.29, 0.717) is 0 Å². The predicted molar refractivity (Wildman–Crippen MR) is 111 cm³/mol. The minimum Gasteiger partial charge on any atom is -0.463 e. The van der Waals surface area contributed by atoms with Gasteiger partial charge in [0.15, 0.2) is 12.2 Å². The molecule has 1 aliphatic heterocycles. The van der Waals surface area contributed by atoms with Crippen molar-refractivity contribution in [1.82, 2.24) is 5.32 Å². The van der Waals surface area contributed by atoms with Crippen molar-refractivity contribution in [2.75, 3.05) is 6.61 Å². The van der Waals surface area contributed by atoms with Gasteiger partial charge in [-0.15, -0.1) is 0 Å². The minimum absolute atomic E-state index is 0.287. The van der Waals surface area contributed by atoms with Crippen LogP contribution in [0, 0.1) is 6.92 Å². The standard InChI is InChI=1S/C22H27NO10/c1-11-6-8-16(9-7-11)21(28)23-18-20(31-14(4)26)19(30-13(3)25)17(10-29-12(2)24)33-22(18)32-15(5)27/h6-9,17-20,22H,10H2,1-5H3,(H,23,28)/t17-,18-,19-,20-,22-/m1/s1. The van der Waals surface area contributed by atoms with Crippen LogP contribution in [0.2, 0.25) is 0 Å². The number of benzene rings is 1. The van der Waals surface area contributed by atoms with Crippen LogP contribution >= 0.6 is 0 Å². The molecule has 1 saturated heterocycles. The van der Waals surface area contributed by atoms with Gasteiger partial charge >= 0.3 is 23.9 Å². The number of aryl methyl sites for hydroxylation is 1. The number of amides is 1. The lowest BCUT2D eigenvalue weighted by molar-refractivity contribution is -0.270. The molecule has 2 rings (SSSR count). The Morgan fingerprint density at radius 1 is 0.818 bits per heavy atom. The summed E-state index contributed by atoms with van der Waals surface area (Å²) in [6, 6.07) is 5.39. The first-order chi connectivity index (χ1) is 15.5. The molecule has 1 aromatic rings. The van der Waals surface area contributed by atoms with E-state index in [9.17, 15) is 24.0 Å². The second-order valence-electron chi connectivity index (χ2n) is 7.47. The van der Waals surface area contributed by atoms with E-state index >= 15 is 0 Å². The topological polar surface area (TPSA) is 144 Å². The first kappa shape index (κ1) is 25.8.